The molecular weight excluding hydrogens is 474 g/mol. The monoisotopic (exact) mass is 493 g/mol. The fourth-order valence-corrected chi connectivity index (χ4v) is 5.33. The number of rotatable bonds is 7. The van der Waals surface area contributed by atoms with E-state index in [4.69, 9.17) is 16.1 Å². The number of nitrogens with one attached hydrogen (secondary N) is 2. The number of aromatic nitrogens is 1. The molecule has 3 rings (SSSR count). The second kappa shape index (κ2) is 9.35. The third-order valence-corrected chi connectivity index (χ3v) is 7.43. The number of benzene rings is 1. The maximum atomic E-state index is 13.2. The van der Waals surface area contributed by atoms with Crippen molar-refractivity contribution in [2.24, 2.45) is 0 Å². The lowest BCUT2D eigenvalue weighted by molar-refractivity contribution is 0.101. The van der Waals surface area contributed by atoms with Crippen molar-refractivity contribution < 1.29 is 23.1 Å². The van der Waals surface area contributed by atoms with Gasteiger partial charge in [0.05, 0.1) is 15.5 Å². The third-order valence-electron chi connectivity index (χ3n) is 4.52. The number of ketones is 2. The Bertz CT molecular complexity index is 1280. The van der Waals surface area contributed by atoms with Crippen molar-refractivity contribution in [2.45, 2.75) is 39.5 Å². The molecule has 0 bridgehead atoms. The summed E-state index contributed by atoms with van der Waals surface area (Å²) in [6.45, 7) is 8.01. The Hall–Kier alpha value is -2.82. The number of thiophene rings is 1. The molecule has 0 saturated heterocycles. The van der Waals surface area contributed by atoms with Gasteiger partial charge in [-0.3, -0.25) is 19.1 Å². The van der Waals surface area contributed by atoms with Crippen LogP contribution in [0.4, 0.5) is 11.6 Å². The van der Waals surface area contributed by atoms with Crippen LogP contribution >= 0.6 is 22.9 Å². The first-order valence-electron chi connectivity index (χ1n) is 9.38. The Balaban J connectivity index is 2.00. The van der Waals surface area contributed by atoms with Gasteiger partial charge in [-0.05, 0) is 57.9 Å². The van der Waals surface area contributed by atoms with Crippen molar-refractivity contribution in [3.63, 3.8) is 0 Å². The molecule has 0 radical (unpaired) electrons. The van der Waals surface area contributed by atoms with E-state index in [1.165, 1.54) is 19.9 Å². The summed E-state index contributed by atoms with van der Waals surface area (Å²) in [5, 5.41) is 6.59. The molecule has 0 saturated carbocycles. The first-order valence-corrected chi connectivity index (χ1v) is 11.7. The Kier molecular flexibility index (Phi) is 6.97. The highest BCUT2D eigenvalue weighted by molar-refractivity contribution is 7.86. The fourth-order valence-electron chi connectivity index (χ4n) is 2.99. The van der Waals surface area contributed by atoms with Gasteiger partial charge in [0.1, 0.15) is 15.6 Å². The molecule has 2 heterocycles. The maximum absolute atomic E-state index is 13.2. The molecule has 1 atom stereocenters. The van der Waals surface area contributed by atoms with E-state index in [1.54, 1.807) is 19.9 Å². The summed E-state index contributed by atoms with van der Waals surface area (Å²) in [6, 6.07) is 4.91. The van der Waals surface area contributed by atoms with E-state index in [1.807, 2.05) is 13.0 Å². The van der Waals surface area contributed by atoms with E-state index >= 15 is 0 Å². The molecule has 0 aliphatic heterocycles. The summed E-state index contributed by atoms with van der Waals surface area (Å²) in [5.41, 5.74) is 2.72. The summed E-state index contributed by atoms with van der Waals surface area (Å²) in [5.74, 6) is -1.10. The van der Waals surface area contributed by atoms with Crippen molar-refractivity contribution in [3.05, 3.63) is 55.4 Å². The minimum absolute atomic E-state index is 0.0160. The normalized spacial score (nSPS) is 11.8. The number of hydrogen-bond acceptors (Lipinski definition) is 7. The fraction of sp³-hybridized carbons (Fsp3) is 0.238. The number of Topliss-reactive ketones (excluding diaryl/α,β-unsaturated/α-hetero) is 2. The summed E-state index contributed by atoms with van der Waals surface area (Å²) >= 11 is 6.97. The molecule has 8 nitrogen and oxygen atoms in total. The van der Waals surface area contributed by atoms with Gasteiger partial charge in [-0.15, -0.1) is 11.3 Å². The number of hydrogen-bond donors (Lipinski definition) is 2. The zero-order chi connectivity index (χ0) is 23.7. The van der Waals surface area contributed by atoms with E-state index in [9.17, 15) is 18.6 Å². The van der Waals surface area contributed by atoms with E-state index < -0.39 is 16.9 Å². The van der Waals surface area contributed by atoms with Crippen LogP contribution in [0.1, 0.15) is 60.4 Å². The number of anilines is 2. The van der Waals surface area contributed by atoms with Crippen LogP contribution in [0.3, 0.4) is 0 Å². The molecule has 3 aromatic rings. The van der Waals surface area contributed by atoms with Gasteiger partial charge in [-0.2, -0.15) is 0 Å². The second-order valence-electron chi connectivity index (χ2n) is 7.16. The molecule has 11 heteroatoms. The second-order valence-corrected chi connectivity index (χ2v) is 9.77. The minimum Gasteiger partial charge on any atom is -0.336 e. The van der Waals surface area contributed by atoms with E-state index in [0.29, 0.717) is 22.5 Å². The van der Waals surface area contributed by atoms with Gasteiger partial charge in [0.15, 0.2) is 22.6 Å². The number of carbonyl (C=O) groups excluding carboxylic acids is 3. The van der Waals surface area contributed by atoms with Gasteiger partial charge in [0.25, 0.3) is 11.8 Å². The molecule has 0 fully saturated rings. The zero-order valence-corrected chi connectivity index (χ0v) is 20.3. The lowest BCUT2D eigenvalue weighted by atomic mass is 10.0. The van der Waals surface area contributed by atoms with Crippen molar-refractivity contribution in [3.8, 4) is 0 Å². The lowest BCUT2D eigenvalue weighted by Gasteiger charge is -2.14. The first-order chi connectivity index (χ1) is 15.0. The molecule has 0 aliphatic rings. The van der Waals surface area contributed by atoms with E-state index in [0.717, 1.165) is 16.9 Å². The highest BCUT2D eigenvalue weighted by Gasteiger charge is 2.25. The van der Waals surface area contributed by atoms with Crippen LogP contribution in [0.5, 0.6) is 0 Å². The van der Waals surface area contributed by atoms with Crippen molar-refractivity contribution in [1.29, 1.82) is 0 Å². The van der Waals surface area contributed by atoms with Crippen molar-refractivity contribution >= 4 is 63.0 Å². The summed E-state index contributed by atoms with van der Waals surface area (Å²) in [7, 11) is -1.98. The minimum atomic E-state index is -1.98. The van der Waals surface area contributed by atoms with Crippen molar-refractivity contribution in [1.82, 2.24) is 5.16 Å². The lowest BCUT2D eigenvalue weighted by Crippen LogP contribution is -2.17. The maximum Gasteiger partial charge on any atom is 0.267 e. The average molecular weight is 494 g/mol. The molecule has 2 aromatic heterocycles. The Morgan fingerprint density at radius 2 is 1.78 bits per heavy atom. The van der Waals surface area contributed by atoms with Crippen LogP contribution in [0.15, 0.2) is 27.6 Å². The van der Waals surface area contributed by atoms with E-state index in [-0.39, 0.29) is 37.1 Å². The first kappa shape index (κ1) is 23.8. The Morgan fingerprint density at radius 3 is 2.34 bits per heavy atom. The molecule has 168 valence electrons. The van der Waals surface area contributed by atoms with Gasteiger partial charge in [0.2, 0.25) is 0 Å². The molecule has 1 unspecified atom stereocenters. The van der Waals surface area contributed by atoms with Gasteiger partial charge >= 0.3 is 0 Å². The number of halogens is 1. The molecule has 1 aromatic carbocycles. The topological polar surface area (TPSA) is 118 Å². The van der Waals surface area contributed by atoms with Gasteiger partial charge in [0, 0.05) is 5.56 Å². The molecular formula is C21H20ClN3O5S2. The quantitative estimate of drug-likeness (QED) is 0.441. The Morgan fingerprint density at radius 1 is 1.09 bits per heavy atom. The highest BCUT2D eigenvalue weighted by Crippen LogP contribution is 2.32. The summed E-state index contributed by atoms with van der Waals surface area (Å²) < 4.78 is 20.6. The third kappa shape index (κ3) is 4.82. The van der Waals surface area contributed by atoms with Crippen LogP contribution in [-0.4, -0.2) is 26.8 Å². The number of nitrogens with zero attached hydrogens (tertiary/aromatic N) is 1. The zero-order valence-electron chi connectivity index (χ0n) is 17.9. The molecule has 0 aliphatic carbocycles. The van der Waals surface area contributed by atoms with Crippen LogP contribution in [0.2, 0.25) is 5.02 Å². The molecule has 2 N–H and O–H groups in total. The SMILES string of the molecule is CC(=O)c1cc(S(=O)Nc2onc(C)c2Cl)c(C(=O)Nc2c(C)cc(C)cc2C(C)=O)s1. The van der Waals surface area contributed by atoms with E-state index in [2.05, 4.69) is 15.2 Å². The predicted molar refractivity (Wildman–Crippen MR) is 124 cm³/mol. The van der Waals surface area contributed by atoms with Gasteiger partial charge in [-0.1, -0.05) is 22.8 Å². The average Bonchev–Trinajstić information content (AvgIpc) is 3.29. The van der Waals surface area contributed by atoms with Gasteiger partial charge < -0.3 is 9.84 Å². The number of carbonyl (C=O) groups is 3. The Labute approximate surface area is 195 Å². The number of amides is 1. The van der Waals surface area contributed by atoms with Crippen LogP contribution in [-0.2, 0) is 11.0 Å². The molecule has 1 amide bonds. The predicted octanol–water partition coefficient (Wildman–Crippen LogP) is 5.11. The van der Waals surface area contributed by atoms with Crippen molar-refractivity contribution in [2.75, 3.05) is 10.0 Å². The van der Waals surface area contributed by atoms with Crippen LogP contribution in [0, 0.1) is 20.8 Å². The smallest absolute Gasteiger partial charge is 0.267 e. The molecule has 32 heavy (non-hydrogen) atoms. The largest absolute Gasteiger partial charge is 0.336 e. The standard InChI is InChI=1S/C21H20ClN3O5S2/c1-9-6-10(2)18(14(7-9)12(4)26)23-20(28)19-16(8-15(31-19)13(5)27)32(29)25-21-17(22)11(3)24-30-21/h6-8,25H,1-5H3,(H,23,28). The molecule has 0 spiro atoms. The van der Waals surface area contributed by atoms with Gasteiger partial charge in [-0.25, -0.2) is 4.21 Å². The highest BCUT2D eigenvalue weighted by atomic mass is 35.5. The summed E-state index contributed by atoms with van der Waals surface area (Å²) in [4.78, 5) is 37.6. The van der Waals surface area contributed by atoms with Crippen LogP contribution < -0.4 is 10.0 Å². The number of aryl methyl sites for hydroxylation is 3. The van der Waals surface area contributed by atoms with Crippen LogP contribution in [0.25, 0.3) is 0 Å². The summed E-state index contributed by atoms with van der Waals surface area (Å²) in [6.07, 6.45) is 0.